The highest BCUT2D eigenvalue weighted by molar-refractivity contribution is 6.29. The summed E-state index contributed by atoms with van der Waals surface area (Å²) in [7, 11) is 0. The first-order valence-corrected chi connectivity index (χ1v) is 6.42. The Kier molecular flexibility index (Phi) is 3.19. The molecule has 0 radical (unpaired) electrons. The van der Waals surface area contributed by atoms with Crippen LogP contribution in [-0.2, 0) is 0 Å². The Balaban J connectivity index is 2.22. The molecular formula is C16H12O5. The van der Waals surface area contributed by atoms with Gasteiger partial charge in [-0.15, -0.1) is 0 Å². The molecule has 0 aliphatic heterocycles. The molecule has 3 rings (SSSR count). The second-order valence-corrected chi connectivity index (χ2v) is 4.64. The Morgan fingerprint density at radius 2 is 1.62 bits per heavy atom. The molecule has 5 nitrogen and oxygen atoms in total. The molecule has 0 heterocycles. The minimum absolute atomic E-state index is 0.0288. The topological polar surface area (TPSA) is 83.8 Å². The molecular weight excluding hydrogens is 272 g/mol. The number of carbonyl (C=O) groups excluding carboxylic acids is 2. The van der Waals surface area contributed by atoms with Crippen LogP contribution in [0.2, 0.25) is 0 Å². The SMILES string of the molecule is O=C1c2ccccc2C(=O)c2c(OCCO)cc(O)cc21. The van der Waals surface area contributed by atoms with E-state index in [9.17, 15) is 14.7 Å². The van der Waals surface area contributed by atoms with Crippen molar-refractivity contribution in [3.63, 3.8) is 0 Å². The number of aliphatic hydroxyl groups excluding tert-OH is 1. The zero-order valence-electron chi connectivity index (χ0n) is 11.0. The van der Waals surface area contributed by atoms with E-state index in [0.29, 0.717) is 11.1 Å². The Morgan fingerprint density at radius 3 is 2.29 bits per heavy atom. The molecule has 2 N–H and O–H groups in total. The van der Waals surface area contributed by atoms with Gasteiger partial charge in [0.05, 0.1) is 12.2 Å². The van der Waals surface area contributed by atoms with Crippen LogP contribution in [0.25, 0.3) is 0 Å². The normalized spacial score (nSPS) is 12.8. The largest absolute Gasteiger partial charge is 0.508 e. The fourth-order valence-corrected chi connectivity index (χ4v) is 2.44. The number of ketones is 2. The van der Waals surface area contributed by atoms with Gasteiger partial charge in [0.2, 0.25) is 0 Å². The van der Waals surface area contributed by atoms with E-state index in [-0.39, 0.29) is 47.4 Å². The Bertz CT molecular complexity index is 748. The molecule has 0 aromatic heterocycles. The second kappa shape index (κ2) is 5.03. The molecule has 0 unspecified atom stereocenters. The van der Waals surface area contributed by atoms with Crippen LogP contribution in [-0.4, -0.2) is 35.0 Å². The maximum Gasteiger partial charge on any atom is 0.198 e. The first kappa shape index (κ1) is 13.3. The Hall–Kier alpha value is -2.66. The van der Waals surface area contributed by atoms with E-state index in [4.69, 9.17) is 9.84 Å². The highest BCUT2D eigenvalue weighted by atomic mass is 16.5. The lowest BCUT2D eigenvalue weighted by molar-refractivity contribution is 0.0974. The molecule has 0 saturated heterocycles. The number of fused-ring (bicyclic) bond motifs is 2. The zero-order valence-corrected chi connectivity index (χ0v) is 11.0. The lowest BCUT2D eigenvalue weighted by Crippen LogP contribution is -2.22. The predicted octanol–water partition coefficient (Wildman–Crippen LogP) is 1.54. The van der Waals surface area contributed by atoms with Crippen molar-refractivity contribution in [2.24, 2.45) is 0 Å². The number of carbonyl (C=O) groups is 2. The van der Waals surface area contributed by atoms with Gasteiger partial charge >= 0.3 is 0 Å². The first-order valence-electron chi connectivity index (χ1n) is 6.42. The molecule has 2 aromatic rings. The van der Waals surface area contributed by atoms with E-state index in [1.54, 1.807) is 24.3 Å². The highest BCUT2D eigenvalue weighted by Gasteiger charge is 2.32. The van der Waals surface area contributed by atoms with Gasteiger partial charge in [0.25, 0.3) is 0 Å². The van der Waals surface area contributed by atoms with Crippen LogP contribution < -0.4 is 4.74 Å². The summed E-state index contributed by atoms with van der Waals surface area (Å²) >= 11 is 0. The van der Waals surface area contributed by atoms with Gasteiger partial charge in [0, 0.05) is 22.8 Å². The number of rotatable bonds is 3. The number of hydrogen-bond donors (Lipinski definition) is 2. The van der Waals surface area contributed by atoms with Crippen molar-refractivity contribution in [1.29, 1.82) is 0 Å². The van der Waals surface area contributed by atoms with Crippen molar-refractivity contribution in [1.82, 2.24) is 0 Å². The van der Waals surface area contributed by atoms with Crippen LogP contribution in [0.5, 0.6) is 11.5 Å². The number of aliphatic hydroxyl groups is 1. The van der Waals surface area contributed by atoms with Crippen LogP contribution in [0.1, 0.15) is 31.8 Å². The summed E-state index contributed by atoms with van der Waals surface area (Å²) < 4.78 is 5.29. The van der Waals surface area contributed by atoms with Crippen molar-refractivity contribution in [2.45, 2.75) is 0 Å². The smallest absolute Gasteiger partial charge is 0.198 e. The molecule has 0 bridgehead atoms. The third kappa shape index (κ3) is 2.08. The lowest BCUT2D eigenvalue weighted by atomic mass is 9.83. The number of hydrogen-bond acceptors (Lipinski definition) is 5. The average Bonchev–Trinajstić information content (AvgIpc) is 2.50. The number of aromatic hydroxyl groups is 1. The van der Waals surface area contributed by atoms with E-state index in [1.165, 1.54) is 12.1 Å². The summed E-state index contributed by atoms with van der Waals surface area (Å²) in [5.41, 5.74) is 0.875. The molecule has 21 heavy (non-hydrogen) atoms. The maximum absolute atomic E-state index is 12.6. The number of benzene rings is 2. The van der Waals surface area contributed by atoms with Gasteiger partial charge in [-0.05, 0) is 6.07 Å². The fourth-order valence-electron chi connectivity index (χ4n) is 2.44. The molecule has 0 saturated carbocycles. The number of phenols is 1. The van der Waals surface area contributed by atoms with Gasteiger partial charge in [-0.2, -0.15) is 0 Å². The quantitative estimate of drug-likeness (QED) is 0.762. The van der Waals surface area contributed by atoms with Crippen LogP contribution >= 0.6 is 0 Å². The summed E-state index contributed by atoms with van der Waals surface area (Å²) in [6, 6.07) is 9.06. The Labute approximate surface area is 120 Å². The molecule has 1 aliphatic carbocycles. The van der Waals surface area contributed by atoms with E-state index >= 15 is 0 Å². The zero-order chi connectivity index (χ0) is 15.0. The van der Waals surface area contributed by atoms with Gasteiger partial charge in [-0.25, -0.2) is 0 Å². The third-order valence-corrected chi connectivity index (χ3v) is 3.32. The summed E-state index contributed by atoms with van der Waals surface area (Å²) in [6.07, 6.45) is 0. The van der Waals surface area contributed by atoms with Crippen molar-refractivity contribution >= 4 is 11.6 Å². The van der Waals surface area contributed by atoms with E-state index in [0.717, 1.165) is 0 Å². The average molecular weight is 284 g/mol. The second-order valence-electron chi connectivity index (χ2n) is 4.64. The van der Waals surface area contributed by atoms with Crippen molar-refractivity contribution < 1.29 is 24.5 Å². The van der Waals surface area contributed by atoms with Crippen molar-refractivity contribution in [2.75, 3.05) is 13.2 Å². The molecule has 0 spiro atoms. The summed E-state index contributed by atoms with van der Waals surface area (Å²) in [5.74, 6) is -0.716. The minimum Gasteiger partial charge on any atom is -0.508 e. The van der Waals surface area contributed by atoms with Gasteiger partial charge in [0.15, 0.2) is 11.6 Å². The molecule has 5 heteroatoms. The molecule has 106 valence electrons. The monoisotopic (exact) mass is 284 g/mol. The third-order valence-electron chi connectivity index (χ3n) is 3.32. The van der Waals surface area contributed by atoms with Gasteiger partial charge in [-0.3, -0.25) is 9.59 Å². The highest BCUT2D eigenvalue weighted by Crippen LogP contribution is 2.36. The van der Waals surface area contributed by atoms with Crippen molar-refractivity contribution in [3.8, 4) is 11.5 Å². The van der Waals surface area contributed by atoms with Gasteiger partial charge in [0.1, 0.15) is 18.1 Å². The predicted molar refractivity (Wildman–Crippen MR) is 74.0 cm³/mol. The van der Waals surface area contributed by atoms with Gasteiger partial charge < -0.3 is 14.9 Å². The lowest BCUT2D eigenvalue weighted by Gasteiger charge is -2.20. The number of phenolic OH excluding ortho intramolecular Hbond substituents is 1. The number of ether oxygens (including phenoxy) is 1. The fraction of sp³-hybridized carbons (Fsp3) is 0.125. The Morgan fingerprint density at radius 1 is 0.952 bits per heavy atom. The van der Waals surface area contributed by atoms with E-state index in [2.05, 4.69) is 0 Å². The van der Waals surface area contributed by atoms with E-state index in [1.807, 2.05) is 0 Å². The molecule has 0 atom stereocenters. The van der Waals surface area contributed by atoms with Gasteiger partial charge in [-0.1, -0.05) is 24.3 Å². The molecule has 1 aliphatic rings. The van der Waals surface area contributed by atoms with E-state index < -0.39 is 0 Å². The summed E-state index contributed by atoms with van der Waals surface area (Å²) in [6.45, 7) is -0.262. The summed E-state index contributed by atoms with van der Waals surface area (Å²) in [4.78, 5) is 25.0. The first-order chi connectivity index (χ1) is 10.1. The van der Waals surface area contributed by atoms with Crippen LogP contribution in [0.4, 0.5) is 0 Å². The van der Waals surface area contributed by atoms with Crippen LogP contribution in [0.3, 0.4) is 0 Å². The van der Waals surface area contributed by atoms with Crippen molar-refractivity contribution in [3.05, 3.63) is 58.7 Å². The maximum atomic E-state index is 12.6. The molecule has 0 fully saturated rings. The standard InChI is InChI=1S/C16H12O5/c17-5-6-21-13-8-9(18)7-12-14(13)16(20)11-4-2-1-3-10(11)15(12)19/h1-4,7-8,17-18H,5-6H2. The summed E-state index contributed by atoms with van der Waals surface area (Å²) in [5, 5.41) is 18.6. The van der Waals surface area contributed by atoms with Crippen LogP contribution in [0, 0.1) is 0 Å². The minimum atomic E-state index is -0.329. The van der Waals surface area contributed by atoms with Crippen LogP contribution in [0.15, 0.2) is 36.4 Å². The molecule has 0 amide bonds. The molecule has 2 aromatic carbocycles.